The largest absolute Gasteiger partial charge is 0.497 e. The average Bonchev–Trinajstić information content (AvgIpc) is 2.87. The van der Waals surface area contributed by atoms with Gasteiger partial charge in [0.25, 0.3) is 5.56 Å². The van der Waals surface area contributed by atoms with Crippen molar-refractivity contribution in [2.24, 2.45) is 0 Å². The van der Waals surface area contributed by atoms with Crippen LogP contribution in [-0.2, 0) is 4.79 Å². The molecule has 0 fully saturated rings. The van der Waals surface area contributed by atoms with E-state index in [0.29, 0.717) is 44.5 Å². The van der Waals surface area contributed by atoms with E-state index >= 15 is 0 Å². The number of nitrogens with zero attached hydrogens (tertiary/aromatic N) is 3. The lowest BCUT2D eigenvalue weighted by Crippen LogP contribution is -2.23. The molecule has 3 aromatic carbocycles. The van der Waals surface area contributed by atoms with Crippen LogP contribution in [0, 0.1) is 11.3 Å². The standard InChI is InChI=1S/C25H20N4O4S/c1-32-18-10-11-22(33-2)21(13-18)29-24(31)19-8-3-4-9-20(19)28-25(29)34-15-23(30)27-17-7-5-6-16(12-17)14-26/h3-13H,15H2,1-2H3,(H,27,30). The van der Waals surface area contributed by atoms with Gasteiger partial charge >= 0.3 is 0 Å². The van der Waals surface area contributed by atoms with Gasteiger partial charge in [-0.2, -0.15) is 5.26 Å². The molecule has 0 saturated carbocycles. The van der Waals surface area contributed by atoms with Crippen molar-refractivity contribution in [1.82, 2.24) is 9.55 Å². The average molecular weight is 473 g/mol. The van der Waals surface area contributed by atoms with Gasteiger partial charge in [-0.15, -0.1) is 0 Å². The Morgan fingerprint density at radius 3 is 2.68 bits per heavy atom. The molecule has 0 atom stereocenters. The number of aromatic nitrogens is 2. The van der Waals surface area contributed by atoms with Crippen molar-refractivity contribution in [1.29, 1.82) is 5.26 Å². The highest BCUT2D eigenvalue weighted by atomic mass is 32.2. The Morgan fingerprint density at radius 1 is 1.09 bits per heavy atom. The summed E-state index contributed by atoms with van der Waals surface area (Å²) in [5, 5.41) is 12.6. The van der Waals surface area contributed by atoms with Crippen LogP contribution < -0.4 is 20.3 Å². The van der Waals surface area contributed by atoms with Crippen molar-refractivity contribution >= 4 is 34.3 Å². The first-order valence-corrected chi connectivity index (χ1v) is 11.2. The quantitative estimate of drug-likeness (QED) is 0.320. The second kappa shape index (κ2) is 10.1. The molecule has 1 aromatic heterocycles. The molecule has 0 spiro atoms. The normalized spacial score (nSPS) is 10.5. The Morgan fingerprint density at radius 2 is 1.91 bits per heavy atom. The zero-order valence-corrected chi connectivity index (χ0v) is 19.3. The summed E-state index contributed by atoms with van der Waals surface area (Å²) >= 11 is 1.12. The zero-order valence-electron chi connectivity index (χ0n) is 18.4. The lowest BCUT2D eigenvalue weighted by atomic mass is 10.2. The minimum absolute atomic E-state index is 0.00611. The molecule has 0 saturated heterocycles. The van der Waals surface area contributed by atoms with Crippen LogP contribution in [-0.4, -0.2) is 35.4 Å². The molecule has 1 amide bonds. The number of nitriles is 1. The van der Waals surface area contributed by atoms with Gasteiger partial charge in [0.2, 0.25) is 5.91 Å². The highest BCUT2D eigenvalue weighted by molar-refractivity contribution is 7.99. The fourth-order valence-corrected chi connectivity index (χ4v) is 4.19. The summed E-state index contributed by atoms with van der Waals surface area (Å²) in [7, 11) is 3.05. The molecule has 0 aliphatic rings. The zero-order chi connectivity index (χ0) is 24.1. The summed E-state index contributed by atoms with van der Waals surface area (Å²) in [6, 6.07) is 20.8. The van der Waals surface area contributed by atoms with E-state index in [2.05, 4.69) is 10.3 Å². The minimum atomic E-state index is -0.299. The van der Waals surface area contributed by atoms with Gasteiger partial charge in [0.15, 0.2) is 5.16 Å². The number of hydrogen-bond donors (Lipinski definition) is 1. The Bertz CT molecular complexity index is 1480. The highest BCUT2D eigenvalue weighted by Crippen LogP contribution is 2.30. The number of rotatable bonds is 7. The number of para-hydroxylation sites is 1. The fourth-order valence-electron chi connectivity index (χ4n) is 3.39. The van der Waals surface area contributed by atoms with E-state index in [1.54, 1.807) is 66.7 Å². The first-order valence-electron chi connectivity index (χ1n) is 10.2. The maximum Gasteiger partial charge on any atom is 0.266 e. The van der Waals surface area contributed by atoms with Gasteiger partial charge in [-0.05, 0) is 42.5 Å². The number of nitrogens with one attached hydrogen (secondary N) is 1. The molecule has 0 radical (unpaired) electrons. The number of fused-ring (bicyclic) bond motifs is 1. The van der Waals surface area contributed by atoms with Crippen molar-refractivity contribution in [3.8, 4) is 23.3 Å². The third kappa shape index (κ3) is 4.72. The molecule has 8 nitrogen and oxygen atoms in total. The van der Waals surface area contributed by atoms with Gasteiger partial charge in [-0.25, -0.2) is 4.98 Å². The molecule has 1 heterocycles. The van der Waals surface area contributed by atoms with E-state index in [-0.39, 0.29) is 17.2 Å². The molecule has 0 unspecified atom stereocenters. The summed E-state index contributed by atoms with van der Waals surface area (Å²) in [6.07, 6.45) is 0. The van der Waals surface area contributed by atoms with Gasteiger partial charge < -0.3 is 14.8 Å². The van der Waals surface area contributed by atoms with Gasteiger partial charge in [0.1, 0.15) is 11.5 Å². The number of methoxy groups -OCH3 is 2. The fraction of sp³-hybridized carbons (Fsp3) is 0.120. The van der Waals surface area contributed by atoms with E-state index in [4.69, 9.17) is 14.7 Å². The monoisotopic (exact) mass is 472 g/mol. The number of carbonyl (C=O) groups is 1. The van der Waals surface area contributed by atoms with Crippen molar-refractivity contribution in [2.75, 3.05) is 25.3 Å². The molecule has 9 heteroatoms. The molecule has 4 aromatic rings. The molecule has 0 bridgehead atoms. The number of carbonyl (C=O) groups excluding carboxylic acids is 1. The van der Waals surface area contributed by atoms with E-state index in [9.17, 15) is 9.59 Å². The van der Waals surface area contributed by atoms with Crippen molar-refractivity contribution in [3.63, 3.8) is 0 Å². The number of amides is 1. The third-order valence-electron chi connectivity index (χ3n) is 4.98. The number of hydrogen-bond acceptors (Lipinski definition) is 7. The Balaban J connectivity index is 1.73. The minimum Gasteiger partial charge on any atom is -0.497 e. The maximum absolute atomic E-state index is 13.5. The van der Waals surface area contributed by atoms with Gasteiger partial charge in [-0.1, -0.05) is 30.0 Å². The van der Waals surface area contributed by atoms with Crippen molar-refractivity contribution in [3.05, 3.63) is 82.6 Å². The Labute approximate surface area is 199 Å². The Hall–Kier alpha value is -4.29. The summed E-state index contributed by atoms with van der Waals surface area (Å²) in [5.74, 6) is 0.696. The van der Waals surface area contributed by atoms with Crippen LogP contribution in [0.5, 0.6) is 11.5 Å². The van der Waals surface area contributed by atoms with Crippen LogP contribution in [0.2, 0.25) is 0 Å². The molecular weight excluding hydrogens is 452 g/mol. The Kier molecular flexibility index (Phi) is 6.80. The number of benzene rings is 3. The topological polar surface area (TPSA) is 106 Å². The van der Waals surface area contributed by atoms with Crippen molar-refractivity contribution < 1.29 is 14.3 Å². The number of thioether (sulfide) groups is 1. The molecular formula is C25H20N4O4S. The number of ether oxygens (including phenoxy) is 2. The van der Waals surface area contributed by atoms with Gasteiger partial charge in [0, 0.05) is 11.8 Å². The molecule has 4 rings (SSSR count). The van der Waals surface area contributed by atoms with E-state index in [1.807, 2.05) is 6.07 Å². The second-order valence-electron chi connectivity index (χ2n) is 7.12. The third-order valence-corrected chi connectivity index (χ3v) is 5.92. The van der Waals surface area contributed by atoms with E-state index < -0.39 is 0 Å². The van der Waals surface area contributed by atoms with E-state index in [0.717, 1.165) is 11.8 Å². The summed E-state index contributed by atoms with van der Waals surface area (Å²) in [5.41, 5.74) is 1.65. The van der Waals surface area contributed by atoms with Crippen LogP contribution in [0.1, 0.15) is 5.56 Å². The van der Waals surface area contributed by atoms with Crippen LogP contribution in [0.3, 0.4) is 0 Å². The predicted octanol–water partition coefficient (Wildman–Crippen LogP) is 4.01. The summed E-state index contributed by atoms with van der Waals surface area (Å²) < 4.78 is 12.3. The molecule has 0 aliphatic heterocycles. The van der Waals surface area contributed by atoms with Gasteiger partial charge in [-0.3, -0.25) is 14.2 Å². The first-order chi connectivity index (χ1) is 16.5. The molecule has 170 valence electrons. The molecule has 1 N–H and O–H groups in total. The van der Waals surface area contributed by atoms with Crippen LogP contribution in [0.4, 0.5) is 5.69 Å². The predicted molar refractivity (Wildman–Crippen MR) is 131 cm³/mol. The second-order valence-corrected chi connectivity index (χ2v) is 8.06. The maximum atomic E-state index is 13.5. The van der Waals surface area contributed by atoms with Crippen LogP contribution in [0.15, 0.2) is 76.7 Å². The van der Waals surface area contributed by atoms with Crippen LogP contribution in [0.25, 0.3) is 16.6 Å². The summed E-state index contributed by atoms with van der Waals surface area (Å²) in [6.45, 7) is 0. The summed E-state index contributed by atoms with van der Waals surface area (Å²) in [4.78, 5) is 30.8. The molecule has 34 heavy (non-hydrogen) atoms. The van der Waals surface area contributed by atoms with Gasteiger partial charge in [0.05, 0.1) is 48.2 Å². The molecule has 0 aliphatic carbocycles. The highest BCUT2D eigenvalue weighted by Gasteiger charge is 2.18. The lowest BCUT2D eigenvalue weighted by molar-refractivity contribution is -0.113. The van der Waals surface area contributed by atoms with Crippen LogP contribution >= 0.6 is 11.8 Å². The lowest BCUT2D eigenvalue weighted by Gasteiger charge is -2.16. The SMILES string of the molecule is COc1ccc(OC)c(-n2c(SCC(=O)Nc3cccc(C#N)c3)nc3ccccc3c2=O)c1. The first kappa shape index (κ1) is 22.9. The van der Waals surface area contributed by atoms with E-state index in [1.165, 1.54) is 18.8 Å². The van der Waals surface area contributed by atoms with Crippen molar-refractivity contribution in [2.45, 2.75) is 5.16 Å². The number of anilines is 1. The smallest absolute Gasteiger partial charge is 0.266 e.